The molecule has 0 spiro atoms. The van der Waals surface area contributed by atoms with Crippen molar-refractivity contribution in [2.24, 2.45) is 0 Å². The molecule has 0 aliphatic heterocycles. The zero-order chi connectivity index (χ0) is 15.0. The topological polar surface area (TPSA) is 64.9 Å². The molecule has 3 rings (SSSR count). The van der Waals surface area contributed by atoms with E-state index in [1.165, 1.54) is 0 Å². The third-order valence-corrected chi connectivity index (χ3v) is 3.86. The van der Waals surface area contributed by atoms with Crippen molar-refractivity contribution in [3.05, 3.63) is 50.9 Å². The molecule has 1 aromatic heterocycles. The highest BCUT2D eigenvalue weighted by atomic mass is 79.9. The summed E-state index contributed by atoms with van der Waals surface area (Å²) in [7, 11) is 0. The van der Waals surface area contributed by atoms with Crippen LogP contribution in [0.25, 0.3) is 22.8 Å². The SMILES string of the molecule is Nc1c(Cl)cc(Cl)cc1-c1nc(-c2cccc(Br)c2)no1. The molecular weight excluding hydrogens is 377 g/mol. The second-order valence-corrected chi connectivity index (χ2v) is 6.04. The molecule has 0 amide bonds. The normalized spacial score (nSPS) is 10.8. The minimum atomic E-state index is 0.270. The number of halogens is 3. The summed E-state index contributed by atoms with van der Waals surface area (Å²) in [6.45, 7) is 0. The van der Waals surface area contributed by atoms with E-state index in [0.29, 0.717) is 27.1 Å². The predicted octanol–water partition coefficient (Wildman–Crippen LogP) is 5.06. The van der Waals surface area contributed by atoms with E-state index >= 15 is 0 Å². The van der Waals surface area contributed by atoms with Crippen molar-refractivity contribution in [3.8, 4) is 22.8 Å². The number of nitrogens with two attached hydrogens (primary N) is 1. The monoisotopic (exact) mass is 383 g/mol. The van der Waals surface area contributed by atoms with Gasteiger partial charge in [-0.05, 0) is 24.3 Å². The van der Waals surface area contributed by atoms with Gasteiger partial charge >= 0.3 is 0 Å². The molecule has 3 aromatic rings. The van der Waals surface area contributed by atoms with Gasteiger partial charge in [0.25, 0.3) is 5.89 Å². The van der Waals surface area contributed by atoms with Crippen molar-refractivity contribution in [3.63, 3.8) is 0 Å². The number of hydrogen-bond acceptors (Lipinski definition) is 4. The average molecular weight is 385 g/mol. The van der Waals surface area contributed by atoms with Crippen LogP contribution in [0.3, 0.4) is 0 Å². The lowest BCUT2D eigenvalue weighted by atomic mass is 10.2. The molecule has 0 saturated heterocycles. The van der Waals surface area contributed by atoms with Crippen LogP contribution in [0.2, 0.25) is 10.0 Å². The third kappa shape index (κ3) is 2.90. The van der Waals surface area contributed by atoms with Gasteiger partial charge in [0.15, 0.2) is 0 Å². The first-order valence-corrected chi connectivity index (χ1v) is 7.44. The van der Waals surface area contributed by atoms with E-state index in [2.05, 4.69) is 26.1 Å². The second-order valence-electron chi connectivity index (χ2n) is 4.28. The summed E-state index contributed by atoms with van der Waals surface area (Å²) in [5, 5.41) is 4.75. The Kier molecular flexibility index (Phi) is 3.89. The van der Waals surface area contributed by atoms with Crippen molar-refractivity contribution in [2.45, 2.75) is 0 Å². The van der Waals surface area contributed by atoms with Crippen LogP contribution in [0, 0.1) is 0 Å². The van der Waals surface area contributed by atoms with Crippen LogP contribution in [0.5, 0.6) is 0 Å². The van der Waals surface area contributed by atoms with E-state index in [4.69, 9.17) is 33.5 Å². The maximum atomic E-state index is 6.01. The molecule has 7 heteroatoms. The summed E-state index contributed by atoms with van der Waals surface area (Å²) in [5.74, 6) is 0.730. The van der Waals surface area contributed by atoms with Crippen LogP contribution < -0.4 is 5.73 Å². The molecule has 0 radical (unpaired) electrons. The van der Waals surface area contributed by atoms with E-state index in [1.807, 2.05) is 24.3 Å². The number of benzene rings is 2. The standard InChI is InChI=1S/C14H8BrCl2N3O/c15-8-3-1-2-7(4-8)13-19-14(21-20-13)10-5-9(16)6-11(17)12(10)18/h1-6H,18H2. The molecule has 0 bridgehead atoms. The molecule has 1 heterocycles. The molecule has 2 N–H and O–H groups in total. The van der Waals surface area contributed by atoms with Crippen LogP contribution >= 0.6 is 39.1 Å². The minimum absolute atomic E-state index is 0.270. The molecule has 0 atom stereocenters. The van der Waals surface area contributed by atoms with Crippen LogP contribution in [-0.2, 0) is 0 Å². The summed E-state index contributed by atoms with van der Waals surface area (Å²) in [5.41, 5.74) is 7.62. The summed E-state index contributed by atoms with van der Waals surface area (Å²) in [6, 6.07) is 10.8. The summed E-state index contributed by atoms with van der Waals surface area (Å²) >= 11 is 15.4. The van der Waals surface area contributed by atoms with Gasteiger partial charge in [-0.25, -0.2) is 0 Å². The molecule has 4 nitrogen and oxygen atoms in total. The smallest absolute Gasteiger partial charge is 0.260 e. The lowest BCUT2D eigenvalue weighted by molar-refractivity contribution is 0.432. The Balaban J connectivity index is 2.07. The summed E-state index contributed by atoms with van der Waals surface area (Å²) in [4.78, 5) is 4.34. The van der Waals surface area contributed by atoms with E-state index in [1.54, 1.807) is 12.1 Å². The van der Waals surface area contributed by atoms with Crippen molar-refractivity contribution in [2.75, 3.05) is 5.73 Å². The van der Waals surface area contributed by atoms with E-state index < -0.39 is 0 Å². The Morgan fingerprint density at radius 2 is 1.95 bits per heavy atom. The van der Waals surface area contributed by atoms with Gasteiger partial charge in [0.2, 0.25) is 5.82 Å². The van der Waals surface area contributed by atoms with Crippen LogP contribution in [0.4, 0.5) is 5.69 Å². The molecule has 0 fully saturated rings. The van der Waals surface area contributed by atoms with Crippen LogP contribution in [0.15, 0.2) is 45.4 Å². The molecule has 0 aliphatic rings. The predicted molar refractivity (Wildman–Crippen MR) is 87.3 cm³/mol. The Labute approximate surface area is 139 Å². The van der Waals surface area contributed by atoms with Crippen molar-refractivity contribution in [1.82, 2.24) is 10.1 Å². The molecule has 2 aromatic carbocycles. The Hall–Kier alpha value is -1.56. The van der Waals surface area contributed by atoms with Gasteiger partial charge in [-0.15, -0.1) is 0 Å². The summed E-state index contributed by atoms with van der Waals surface area (Å²) in [6.07, 6.45) is 0. The molecule has 0 unspecified atom stereocenters. The van der Waals surface area contributed by atoms with Gasteiger partial charge < -0.3 is 10.3 Å². The largest absolute Gasteiger partial charge is 0.397 e. The molecule has 0 saturated carbocycles. The molecular formula is C14H8BrCl2N3O. The van der Waals surface area contributed by atoms with Gasteiger partial charge in [0.05, 0.1) is 16.3 Å². The fourth-order valence-electron chi connectivity index (χ4n) is 1.84. The highest BCUT2D eigenvalue weighted by Gasteiger charge is 2.16. The zero-order valence-electron chi connectivity index (χ0n) is 10.5. The van der Waals surface area contributed by atoms with Gasteiger partial charge in [0, 0.05) is 15.1 Å². The Morgan fingerprint density at radius 1 is 1.14 bits per heavy atom. The Bertz CT molecular complexity index is 820. The fourth-order valence-corrected chi connectivity index (χ4v) is 2.73. The minimum Gasteiger partial charge on any atom is -0.397 e. The number of hydrogen-bond donors (Lipinski definition) is 1. The van der Waals surface area contributed by atoms with Crippen molar-refractivity contribution in [1.29, 1.82) is 0 Å². The van der Waals surface area contributed by atoms with Crippen LogP contribution in [-0.4, -0.2) is 10.1 Å². The molecule has 0 aliphatic carbocycles. The van der Waals surface area contributed by atoms with Crippen molar-refractivity contribution >= 4 is 44.8 Å². The number of nitrogen functional groups attached to an aromatic ring is 1. The first-order chi connectivity index (χ1) is 10.0. The second kappa shape index (κ2) is 5.67. The van der Waals surface area contributed by atoms with Gasteiger partial charge in [-0.1, -0.05) is 56.4 Å². The Morgan fingerprint density at radius 3 is 2.71 bits per heavy atom. The maximum Gasteiger partial charge on any atom is 0.260 e. The summed E-state index contributed by atoms with van der Waals surface area (Å²) < 4.78 is 6.19. The van der Waals surface area contributed by atoms with Crippen LogP contribution in [0.1, 0.15) is 0 Å². The third-order valence-electron chi connectivity index (χ3n) is 2.83. The van der Waals surface area contributed by atoms with Gasteiger partial charge in [-0.2, -0.15) is 4.98 Å². The van der Waals surface area contributed by atoms with E-state index in [9.17, 15) is 0 Å². The first-order valence-electron chi connectivity index (χ1n) is 5.89. The highest BCUT2D eigenvalue weighted by molar-refractivity contribution is 9.10. The maximum absolute atomic E-state index is 6.01. The zero-order valence-corrected chi connectivity index (χ0v) is 13.6. The lowest BCUT2D eigenvalue weighted by Gasteiger charge is -2.03. The molecule has 106 valence electrons. The van der Waals surface area contributed by atoms with E-state index in [0.717, 1.165) is 10.0 Å². The number of aromatic nitrogens is 2. The highest BCUT2D eigenvalue weighted by Crippen LogP contribution is 2.34. The van der Waals surface area contributed by atoms with Gasteiger partial charge in [0.1, 0.15) is 0 Å². The molecule has 21 heavy (non-hydrogen) atoms. The van der Waals surface area contributed by atoms with Crippen molar-refractivity contribution < 1.29 is 4.52 Å². The average Bonchev–Trinajstić information content (AvgIpc) is 2.92. The first kappa shape index (κ1) is 14.4. The quantitative estimate of drug-likeness (QED) is 0.627. The number of anilines is 1. The van der Waals surface area contributed by atoms with Gasteiger partial charge in [-0.3, -0.25) is 0 Å². The lowest BCUT2D eigenvalue weighted by Crippen LogP contribution is -1.92. The van der Waals surface area contributed by atoms with E-state index in [-0.39, 0.29) is 5.89 Å². The fraction of sp³-hybridized carbons (Fsp3) is 0. The number of nitrogens with zero attached hydrogens (tertiary/aromatic N) is 2. The number of rotatable bonds is 2.